The molecule has 0 saturated heterocycles. The molecule has 0 spiro atoms. The molecular formula is C12H12N2O2S. The predicted molar refractivity (Wildman–Crippen MR) is 65.8 cm³/mol. The van der Waals surface area contributed by atoms with Crippen molar-refractivity contribution in [1.82, 2.24) is 10.3 Å². The Hall–Kier alpha value is -1.72. The third-order valence-corrected chi connectivity index (χ3v) is 3.22. The molecule has 2 heterocycles. The summed E-state index contributed by atoms with van der Waals surface area (Å²) < 4.78 is 0. The predicted octanol–water partition coefficient (Wildman–Crippen LogP) is 1.61. The molecule has 2 rings (SSSR count). The Kier molecular flexibility index (Phi) is 3.85. The molecule has 1 unspecified atom stereocenters. The molecule has 2 N–H and O–H groups in total. The molecular weight excluding hydrogens is 236 g/mol. The maximum absolute atomic E-state index is 11.7. The van der Waals surface area contributed by atoms with E-state index in [1.165, 1.54) is 17.5 Å². The molecule has 2 aromatic heterocycles. The van der Waals surface area contributed by atoms with Crippen LogP contribution in [0.25, 0.3) is 0 Å². The Balaban J connectivity index is 1.89. The van der Waals surface area contributed by atoms with Crippen molar-refractivity contribution in [3.8, 4) is 0 Å². The summed E-state index contributed by atoms with van der Waals surface area (Å²) in [6, 6.07) is 7.09. The molecule has 0 aliphatic carbocycles. The van der Waals surface area contributed by atoms with Crippen molar-refractivity contribution in [2.24, 2.45) is 0 Å². The third-order valence-electron chi connectivity index (χ3n) is 2.25. The van der Waals surface area contributed by atoms with E-state index in [-0.39, 0.29) is 12.5 Å². The van der Waals surface area contributed by atoms with Crippen molar-refractivity contribution in [1.29, 1.82) is 0 Å². The topological polar surface area (TPSA) is 62.2 Å². The van der Waals surface area contributed by atoms with Gasteiger partial charge in [-0.25, -0.2) is 0 Å². The zero-order chi connectivity index (χ0) is 12.1. The maximum atomic E-state index is 11.7. The molecule has 4 nitrogen and oxygen atoms in total. The first-order valence-corrected chi connectivity index (χ1v) is 6.05. The Labute approximate surface area is 103 Å². The Morgan fingerprint density at radius 3 is 3.00 bits per heavy atom. The van der Waals surface area contributed by atoms with Crippen molar-refractivity contribution in [2.45, 2.75) is 6.10 Å². The summed E-state index contributed by atoms with van der Waals surface area (Å²) in [5, 5.41) is 14.3. The van der Waals surface area contributed by atoms with Crippen LogP contribution in [0, 0.1) is 0 Å². The van der Waals surface area contributed by atoms with Gasteiger partial charge in [0.15, 0.2) is 0 Å². The van der Waals surface area contributed by atoms with Crippen molar-refractivity contribution in [3.05, 3.63) is 52.5 Å². The van der Waals surface area contributed by atoms with E-state index in [9.17, 15) is 9.90 Å². The number of rotatable bonds is 4. The first kappa shape index (κ1) is 11.8. The molecule has 5 heteroatoms. The van der Waals surface area contributed by atoms with E-state index in [1.807, 2.05) is 17.5 Å². The molecule has 0 aromatic carbocycles. The number of pyridine rings is 1. The zero-order valence-corrected chi connectivity index (χ0v) is 9.85. The number of carbonyl (C=O) groups is 1. The quantitative estimate of drug-likeness (QED) is 0.864. The highest BCUT2D eigenvalue weighted by Gasteiger charge is 2.11. The minimum Gasteiger partial charge on any atom is -0.386 e. The lowest BCUT2D eigenvalue weighted by Gasteiger charge is -2.09. The average Bonchev–Trinajstić information content (AvgIpc) is 2.90. The van der Waals surface area contributed by atoms with E-state index < -0.39 is 6.10 Å². The summed E-state index contributed by atoms with van der Waals surface area (Å²) in [5.41, 5.74) is 0.492. The number of nitrogens with zero attached hydrogens (tertiary/aromatic N) is 1. The second kappa shape index (κ2) is 5.56. The Bertz CT molecular complexity index is 471. The Morgan fingerprint density at radius 2 is 2.35 bits per heavy atom. The number of hydrogen-bond acceptors (Lipinski definition) is 4. The van der Waals surface area contributed by atoms with Crippen LogP contribution in [-0.4, -0.2) is 22.5 Å². The van der Waals surface area contributed by atoms with Crippen LogP contribution in [0.5, 0.6) is 0 Å². The van der Waals surface area contributed by atoms with Crippen molar-refractivity contribution in [3.63, 3.8) is 0 Å². The summed E-state index contributed by atoms with van der Waals surface area (Å²) in [6.45, 7) is 0.203. The van der Waals surface area contributed by atoms with Gasteiger partial charge in [0.1, 0.15) is 6.10 Å². The van der Waals surface area contributed by atoms with Gasteiger partial charge in [0, 0.05) is 23.8 Å². The monoisotopic (exact) mass is 248 g/mol. The lowest BCUT2D eigenvalue weighted by atomic mass is 10.2. The first-order valence-electron chi connectivity index (χ1n) is 5.17. The van der Waals surface area contributed by atoms with E-state index in [0.29, 0.717) is 5.56 Å². The molecule has 0 saturated carbocycles. The summed E-state index contributed by atoms with van der Waals surface area (Å²) >= 11 is 1.46. The summed E-state index contributed by atoms with van der Waals surface area (Å²) in [6.07, 6.45) is 2.44. The van der Waals surface area contributed by atoms with Gasteiger partial charge in [0.05, 0.1) is 5.56 Å². The van der Waals surface area contributed by atoms with Gasteiger partial charge < -0.3 is 10.4 Å². The van der Waals surface area contributed by atoms with Gasteiger partial charge in [-0.15, -0.1) is 11.3 Å². The molecule has 0 bridgehead atoms. The van der Waals surface area contributed by atoms with Crippen molar-refractivity contribution >= 4 is 17.2 Å². The van der Waals surface area contributed by atoms with Gasteiger partial charge >= 0.3 is 0 Å². The van der Waals surface area contributed by atoms with E-state index in [2.05, 4.69) is 10.3 Å². The molecule has 17 heavy (non-hydrogen) atoms. The first-order chi connectivity index (χ1) is 8.27. The van der Waals surface area contributed by atoms with Gasteiger partial charge in [-0.2, -0.15) is 0 Å². The normalized spacial score (nSPS) is 12.1. The fourth-order valence-electron chi connectivity index (χ4n) is 1.37. The smallest absolute Gasteiger partial charge is 0.252 e. The fraction of sp³-hybridized carbons (Fsp3) is 0.167. The second-order valence-corrected chi connectivity index (χ2v) is 4.46. The summed E-state index contributed by atoms with van der Waals surface area (Å²) in [7, 11) is 0. The van der Waals surface area contributed by atoms with E-state index in [1.54, 1.807) is 18.3 Å². The molecule has 1 atom stereocenters. The highest BCUT2D eigenvalue weighted by Crippen LogP contribution is 2.17. The van der Waals surface area contributed by atoms with Crippen LogP contribution in [0.4, 0.5) is 0 Å². The fourth-order valence-corrected chi connectivity index (χ4v) is 2.08. The van der Waals surface area contributed by atoms with Crippen molar-refractivity contribution < 1.29 is 9.90 Å². The number of aliphatic hydroxyl groups is 1. The van der Waals surface area contributed by atoms with Gasteiger partial charge in [0.2, 0.25) is 0 Å². The van der Waals surface area contributed by atoms with Gasteiger partial charge in [0.25, 0.3) is 5.91 Å². The molecule has 2 aromatic rings. The maximum Gasteiger partial charge on any atom is 0.252 e. The standard InChI is InChI=1S/C12H12N2O2S/c15-10(11-4-2-6-17-11)8-14-12(16)9-3-1-5-13-7-9/h1-7,10,15H,8H2,(H,14,16). The number of thiophene rings is 1. The SMILES string of the molecule is O=C(NCC(O)c1cccs1)c1cccnc1. The zero-order valence-electron chi connectivity index (χ0n) is 9.04. The number of aliphatic hydroxyl groups excluding tert-OH is 1. The van der Waals surface area contributed by atoms with E-state index in [0.717, 1.165) is 4.88 Å². The van der Waals surface area contributed by atoms with Gasteiger partial charge in [-0.3, -0.25) is 9.78 Å². The molecule has 0 aliphatic rings. The van der Waals surface area contributed by atoms with Crippen LogP contribution in [0.2, 0.25) is 0 Å². The molecule has 0 radical (unpaired) electrons. The number of aromatic nitrogens is 1. The van der Waals surface area contributed by atoms with Crippen LogP contribution in [0.15, 0.2) is 42.0 Å². The summed E-state index contributed by atoms with van der Waals surface area (Å²) in [5.74, 6) is -0.228. The van der Waals surface area contributed by atoms with Crippen LogP contribution >= 0.6 is 11.3 Å². The molecule has 88 valence electrons. The van der Waals surface area contributed by atoms with Gasteiger partial charge in [-0.1, -0.05) is 6.07 Å². The number of nitrogens with one attached hydrogen (secondary N) is 1. The highest BCUT2D eigenvalue weighted by molar-refractivity contribution is 7.10. The van der Waals surface area contributed by atoms with Crippen molar-refractivity contribution in [2.75, 3.05) is 6.54 Å². The number of hydrogen-bond donors (Lipinski definition) is 2. The Morgan fingerprint density at radius 1 is 1.47 bits per heavy atom. The second-order valence-electron chi connectivity index (χ2n) is 3.48. The van der Waals surface area contributed by atoms with Crippen LogP contribution in [-0.2, 0) is 0 Å². The highest BCUT2D eigenvalue weighted by atomic mass is 32.1. The minimum absolute atomic E-state index is 0.203. The van der Waals surface area contributed by atoms with Crippen LogP contribution in [0.1, 0.15) is 21.3 Å². The average molecular weight is 248 g/mol. The van der Waals surface area contributed by atoms with E-state index >= 15 is 0 Å². The number of amides is 1. The molecule has 0 aliphatic heterocycles. The third kappa shape index (κ3) is 3.12. The van der Waals surface area contributed by atoms with E-state index in [4.69, 9.17) is 0 Å². The number of carbonyl (C=O) groups excluding carboxylic acids is 1. The largest absolute Gasteiger partial charge is 0.386 e. The molecule has 1 amide bonds. The lowest BCUT2D eigenvalue weighted by Crippen LogP contribution is -2.28. The lowest BCUT2D eigenvalue weighted by molar-refractivity contribution is 0.0917. The van der Waals surface area contributed by atoms with Gasteiger partial charge in [-0.05, 0) is 23.6 Å². The summed E-state index contributed by atoms with van der Waals surface area (Å²) in [4.78, 5) is 16.4. The minimum atomic E-state index is -0.657. The van der Waals surface area contributed by atoms with Crippen LogP contribution < -0.4 is 5.32 Å². The molecule has 0 fully saturated rings. The van der Waals surface area contributed by atoms with Crippen LogP contribution in [0.3, 0.4) is 0 Å².